The van der Waals surface area contributed by atoms with Crippen molar-refractivity contribution in [1.29, 1.82) is 0 Å². The predicted molar refractivity (Wildman–Crippen MR) is 82.0 cm³/mol. The Balaban J connectivity index is 1.93. The molecule has 0 bridgehead atoms. The summed E-state index contributed by atoms with van der Waals surface area (Å²) < 4.78 is 10.2. The molecule has 0 fully saturated rings. The van der Waals surface area contributed by atoms with E-state index in [1.165, 1.54) is 11.2 Å². The van der Waals surface area contributed by atoms with Gasteiger partial charge in [0.05, 0.1) is 19.9 Å². The number of aryl methyl sites for hydroxylation is 1. The van der Waals surface area contributed by atoms with Crippen LogP contribution in [0.3, 0.4) is 0 Å². The number of hydrogen-bond donors (Lipinski definition) is 1. The summed E-state index contributed by atoms with van der Waals surface area (Å²) in [6.45, 7) is 1.72. The molecule has 0 atom stereocenters. The maximum Gasteiger partial charge on any atom is 0.290 e. The SMILES string of the molecule is COc1ccc(NC(=O)CN(C)C(=O)c2occc2C)cc1. The fourth-order valence-corrected chi connectivity index (χ4v) is 1.93. The Morgan fingerprint density at radius 3 is 2.45 bits per heavy atom. The quantitative estimate of drug-likeness (QED) is 0.920. The number of hydrogen-bond acceptors (Lipinski definition) is 4. The van der Waals surface area contributed by atoms with Gasteiger partial charge < -0.3 is 19.4 Å². The lowest BCUT2D eigenvalue weighted by molar-refractivity contribution is -0.116. The number of amides is 2. The molecule has 22 heavy (non-hydrogen) atoms. The number of benzene rings is 1. The van der Waals surface area contributed by atoms with Crippen molar-refractivity contribution in [2.24, 2.45) is 0 Å². The van der Waals surface area contributed by atoms with Crippen molar-refractivity contribution in [2.75, 3.05) is 26.0 Å². The van der Waals surface area contributed by atoms with E-state index in [1.54, 1.807) is 51.4 Å². The van der Waals surface area contributed by atoms with E-state index >= 15 is 0 Å². The van der Waals surface area contributed by atoms with Crippen LogP contribution in [0.4, 0.5) is 5.69 Å². The molecule has 0 spiro atoms. The normalized spacial score (nSPS) is 10.1. The van der Waals surface area contributed by atoms with Crippen molar-refractivity contribution >= 4 is 17.5 Å². The van der Waals surface area contributed by atoms with Gasteiger partial charge in [0, 0.05) is 18.3 Å². The first-order valence-electron chi connectivity index (χ1n) is 6.74. The Morgan fingerprint density at radius 2 is 1.91 bits per heavy atom. The van der Waals surface area contributed by atoms with Crippen molar-refractivity contribution < 1.29 is 18.7 Å². The number of nitrogens with zero attached hydrogens (tertiary/aromatic N) is 1. The van der Waals surface area contributed by atoms with Crippen LogP contribution in [0.5, 0.6) is 5.75 Å². The number of nitrogens with one attached hydrogen (secondary N) is 1. The van der Waals surface area contributed by atoms with Gasteiger partial charge >= 0.3 is 0 Å². The van der Waals surface area contributed by atoms with Crippen LogP contribution in [0.15, 0.2) is 41.0 Å². The maximum absolute atomic E-state index is 12.1. The van der Waals surface area contributed by atoms with Gasteiger partial charge in [-0.15, -0.1) is 0 Å². The molecular weight excluding hydrogens is 284 g/mol. The largest absolute Gasteiger partial charge is 0.497 e. The Labute approximate surface area is 128 Å². The van der Waals surface area contributed by atoms with Gasteiger partial charge in [0.2, 0.25) is 5.91 Å². The summed E-state index contributed by atoms with van der Waals surface area (Å²) in [4.78, 5) is 25.4. The fraction of sp³-hybridized carbons (Fsp3) is 0.250. The monoisotopic (exact) mass is 302 g/mol. The third kappa shape index (κ3) is 3.66. The molecule has 1 heterocycles. The molecule has 0 aliphatic carbocycles. The minimum atomic E-state index is -0.326. The Hall–Kier alpha value is -2.76. The molecule has 2 amide bonds. The molecule has 2 aromatic rings. The van der Waals surface area contributed by atoms with Crippen LogP contribution in [-0.4, -0.2) is 37.4 Å². The van der Waals surface area contributed by atoms with Crippen LogP contribution in [0, 0.1) is 6.92 Å². The predicted octanol–water partition coefficient (Wildman–Crippen LogP) is 2.31. The van der Waals surface area contributed by atoms with E-state index in [0.29, 0.717) is 11.4 Å². The molecule has 0 aliphatic heterocycles. The molecule has 0 radical (unpaired) electrons. The molecular formula is C16H18N2O4. The van der Waals surface area contributed by atoms with Crippen molar-refractivity contribution in [3.05, 3.63) is 47.9 Å². The third-order valence-corrected chi connectivity index (χ3v) is 3.16. The molecule has 1 aromatic heterocycles. The number of methoxy groups -OCH3 is 1. The minimum absolute atomic E-state index is 0.0645. The van der Waals surface area contributed by atoms with Gasteiger partial charge in [-0.2, -0.15) is 0 Å². The lowest BCUT2D eigenvalue weighted by Crippen LogP contribution is -2.35. The van der Waals surface area contributed by atoms with Crippen LogP contribution in [0.2, 0.25) is 0 Å². The van der Waals surface area contributed by atoms with Crippen molar-refractivity contribution in [1.82, 2.24) is 4.90 Å². The first kappa shape index (κ1) is 15.6. The van der Waals surface area contributed by atoms with Gasteiger partial charge in [-0.05, 0) is 37.3 Å². The lowest BCUT2D eigenvalue weighted by Gasteiger charge is -2.16. The molecule has 0 saturated carbocycles. The Morgan fingerprint density at radius 1 is 1.23 bits per heavy atom. The van der Waals surface area contributed by atoms with Gasteiger partial charge in [-0.3, -0.25) is 9.59 Å². The second-order valence-electron chi connectivity index (χ2n) is 4.87. The molecule has 6 nitrogen and oxygen atoms in total. The second-order valence-corrected chi connectivity index (χ2v) is 4.87. The number of ether oxygens (including phenoxy) is 1. The van der Waals surface area contributed by atoms with Crippen LogP contribution >= 0.6 is 0 Å². The standard InChI is InChI=1S/C16H18N2O4/c1-11-8-9-22-15(11)16(20)18(2)10-14(19)17-12-4-6-13(21-3)7-5-12/h4-9H,10H2,1-3H3,(H,17,19). The van der Waals surface area contributed by atoms with Crippen LogP contribution < -0.4 is 10.1 Å². The number of anilines is 1. The highest BCUT2D eigenvalue weighted by Gasteiger charge is 2.19. The van der Waals surface area contributed by atoms with Gasteiger partial charge in [0.15, 0.2) is 5.76 Å². The number of likely N-dealkylation sites (N-methyl/N-ethyl adjacent to an activating group) is 1. The summed E-state index contributed by atoms with van der Waals surface area (Å²) in [6, 6.07) is 8.66. The van der Waals surface area contributed by atoms with E-state index < -0.39 is 0 Å². The average molecular weight is 302 g/mol. The summed E-state index contributed by atoms with van der Waals surface area (Å²) in [7, 11) is 3.13. The van der Waals surface area contributed by atoms with Crippen molar-refractivity contribution in [3.8, 4) is 5.75 Å². The average Bonchev–Trinajstić information content (AvgIpc) is 2.93. The summed E-state index contributed by atoms with van der Waals surface area (Å²) >= 11 is 0. The molecule has 0 unspecified atom stereocenters. The zero-order chi connectivity index (χ0) is 16.1. The molecule has 6 heteroatoms. The summed E-state index contributed by atoms with van der Waals surface area (Å²) in [5.74, 6) is 0.343. The summed E-state index contributed by atoms with van der Waals surface area (Å²) in [6.07, 6.45) is 1.45. The Kier molecular flexibility index (Phi) is 4.83. The van der Waals surface area contributed by atoms with Crippen LogP contribution in [0.25, 0.3) is 0 Å². The second kappa shape index (κ2) is 6.80. The van der Waals surface area contributed by atoms with E-state index in [1.807, 2.05) is 0 Å². The van der Waals surface area contributed by atoms with Crippen molar-refractivity contribution in [2.45, 2.75) is 6.92 Å². The topological polar surface area (TPSA) is 71.8 Å². The maximum atomic E-state index is 12.1. The molecule has 116 valence electrons. The number of carbonyl (C=O) groups excluding carboxylic acids is 2. The molecule has 1 N–H and O–H groups in total. The first-order chi connectivity index (χ1) is 10.5. The summed E-state index contributed by atoms with van der Waals surface area (Å²) in [5.41, 5.74) is 1.38. The minimum Gasteiger partial charge on any atom is -0.497 e. The first-order valence-corrected chi connectivity index (χ1v) is 6.74. The smallest absolute Gasteiger partial charge is 0.290 e. The highest BCUT2D eigenvalue weighted by atomic mass is 16.5. The molecule has 0 aliphatic rings. The van der Waals surface area contributed by atoms with Crippen LogP contribution in [0.1, 0.15) is 16.1 Å². The molecule has 1 aromatic carbocycles. The van der Waals surface area contributed by atoms with Gasteiger partial charge in [0.1, 0.15) is 5.75 Å². The molecule has 0 saturated heterocycles. The summed E-state index contributed by atoms with van der Waals surface area (Å²) in [5, 5.41) is 2.72. The van der Waals surface area contributed by atoms with E-state index in [9.17, 15) is 9.59 Å². The highest BCUT2D eigenvalue weighted by Crippen LogP contribution is 2.15. The fourth-order valence-electron chi connectivity index (χ4n) is 1.93. The number of rotatable bonds is 5. The highest BCUT2D eigenvalue weighted by molar-refractivity contribution is 5.98. The molecule has 2 rings (SSSR count). The van der Waals surface area contributed by atoms with Gasteiger partial charge in [-0.1, -0.05) is 0 Å². The van der Waals surface area contributed by atoms with Crippen molar-refractivity contribution in [3.63, 3.8) is 0 Å². The number of furan rings is 1. The van der Waals surface area contributed by atoms with Gasteiger partial charge in [0.25, 0.3) is 5.91 Å². The van der Waals surface area contributed by atoms with E-state index in [4.69, 9.17) is 9.15 Å². The van der Waals surface area contributed by atoms with E-state index in [2.05, 4.69) is 5.32 Å². The van der Waals surface area contributed by atoms with Crippen LogP contribution in [-0.2, 0) is 4.79 Å². The zero-order valence-electron chi connectivity index (χ0n) is 12.8. The van der Waals surface area contributed by atoms with E-state index in [0.717, 1.165) is 5.56 Å². The van der Waals surface area contributed by atoms with Gasteiger partial charge in [-0.25, -0.2) is 0 Å². The number of carbonyl (C=O) groups is 2. The van der Waals surface area contributed by atoms with E-state index in [-0.39, 0.29) is 24.1 Å². The zero-order valence-corrected chi connectivity index (χ0v) is 12.8. The third-order valence-electron chi connectivity index (χ3n) is 3.16. The Bertz CT molecular complexity index is 661. The lowest BCUT2D eigenvalue weighted by atomic mass is 10.2.